The summed E-state index contributed by atoms with van der Waals surface area (Å²) in [5.74, 6) is -2.11. The van der Waals surface area contributed by atoms with Crippen LogP contribution in [0.1, 0.15) is 35.6 Å². The highest BCUT2D eigenvalue weighted by Gasteiger charge is 2.39. The van der Waals surface area contributed by atoms with Crippen LogP contribution in [0.15, 0.2) is 29.3 Å². The maximum absolute atomic E-state index is 12.8. The third kappa shape index (κ3) is 6.17. The molecule has 2 fully saturated rings. The molecule has 2 bridgehead atoms. The number of piperidine rings is 1. The van der Waals surface area contributed by atoms with Gasteiger partial charge < -0.3 is 15.1 Å². The number of carboxylic acid groups (broad SMARTS) is 2. The molecule has 0 spiro atoms. The minimum Gasteiger partial charge on any atom is -0.473 e. The Labute approximate surface area is 184 Å². The Balaban J connectivity index is 0.000000401. The third-order valence-electron chi connectivity index (χ3n) is 5.21. The molecule has 2 aliphatic heterocycles. The van der Waals surface area contributed by atoms with Gasteiger partial charge in [0, 0.05) is 24.8 Å². The molecule has 7 nitrogen and oxygen atoms in total. The minimum atomic E-state index is -4.30. The van der Waals surface area contributed by atoms with Crippen LogP contribution in [0.3, 0.4) is 0 Å². The van der Waals surface area contributed by atoms with Gasteiger partial charge in [-0.15, -0.1) is 0 Å². The highest BCUT2D eigenvalue weighted by atomic mass is 32.2. The van der Waals surface area contributed by atoms with Crippen molar-refractivity contribution in [1.82, 2.24) is 13.6 Å². The van der Waals surface area contributed by atoms with Crippen LogP contribution in [0.2, 0.25) is 0 Å². The number of nitrogens with zero attached hydrogens (tertiary/aromatic N) is 3. The van der Waals surface area contributed by atoms with Crippen LogP contribution in [-0.4, -0.2) is 55.4 Å². The molecule has 0 saturated carbocycles. The van der Waals surface area contributed by atoms with Crippen molar-refractivity contribution in [1.29, 1.82) is 0 Å². The summed E-state index contributed by atoms with van der Waals surface area (Å²) in [6.45, 7) is 3.34. The number of fused-ring (bicyclic) bond motifs is 2. The number of rotatable bonds is 4. The Morgan fingerprint density at radius 1 is 1.19 bits per heavy atom. The zero-order valence-electron chi connectivity index (χ0n) is 16.2. The lowest BCUT2D eigenvalue weighted by molar-refractivity contribution is -0.159. The highest BCUT2D eigenvalue weighted by molar-refractivity contribution is 7.98. The van der Waals surface area contributed by atoms with E-state index in [0.717, 1.165) is 36.4 Å². The lowest BCUT2D eigenvalue weighted by Crippen LogP contribution is -2.25. The number of alkyl halides is 3. The second-order valence-electron chi connectivity index (χ2n) is 7.32. The molecule has 4 rings (SSSR count). The monoisotopic (exact) mass is 475 g/mol. The van der Waals surface area contributed by atoms with E-state index >= 15 is 0 Å². The number of carboxylic acids is 2. The predicted molar refractivity (Wildman–Crippen MR) is 108 cm³/mol. The van der Waals surface area contributed by atoms with Crippen molar-refractivity contribution in [2.75, 3.05) is 19.6 Å². The maximum atomic E-state index is 12.8. The average Bonchev–Trinajstić information content (AvgIpc) is 3.29. The predicted octanol–water partition coefficient (Wildman–Crippen LogP) is 3.81. The number of aromatic nitrogens is 2. The molecule has 2 aliphatic rings. The Bertz CT molecular complexity index is 926. The summed E-state index contributed by atoms with van der Waals surface area (Å²) >= 11 is 2.71. The second kappa shape index (κ2) is 9.96. The van der Waals surface area contributed by atoms with Gasteiger partial charge in [-0.1, -0.05) is 30.0 Å². The smallest absolute Gasteiger partial charge is 0.416 e. The summed E-state index contributed by atoms with van der Waals surface area (Å²) < 4.78 is 47.5. The van der Waals surface area contributed by atoms with Crippen molar-refractivity contribution in [2.45, 2.75) is 35.7 Å². The van der Waals surface area contributed by atoms with E-state index in [-0.39, 0.29) is 0 Å². The molecule has 31 heavy (non-hydrogen) atoms. The number of hydrogen-bond donors (Lipinski definition) is 2. The normalized spacial score (nSPS) is 22.5. The van der Waals surface area contributed by atoms with E-state index in [1.165, 1.54) is 48.5 Å². The number of carbonyl (C=O) groups is 2. The van der Waals surface area contributed by atoms with Crippen molar-refractivity contribution in [3.63, 3.8) is 0 Å². The molecule has 3 heterocycles. The van der Waals surface area contributed by atoms with E-state index in [2.05, 4.69) is 13.6 Å². The standard InChI is InChI=1S/C17H18F3N3S2.C2H2O4/c18-17(19,20)13-5-1-3-11(7-13)10-24-16-15(21-25-22-16)14-9-23-6-2-4-12(14)8-23;3-1(4)2(5)6/h1,3,5,7,12,14H,2,4,6,8-10H2;(H,3,4)(H,5,6). The van der Waals surface area contributed by atoms with Gasteiger partial charge in [-0.25, -0.2) is 9.59 Å². The summed E-state index contributed by atoms with van der Waals surface area (Å²) in [7, 11) is 0. The van der Waals surface area contributed by atoms with Crippen LogP contribution in [0.5, 0.6) is 0 Å². The molecule has 0 amide bonds. The molecule has 3 unspecified atom stereocenters. The molecule has 3 atom stereocenters. The molecule has 12 heteroatoms. The largest absolute Gasteiger partial charge is 0.473 e. The van der Waals surface area contributed by atoms with Crippen LogP contribution in [0, 0.1) is 5.92 Å². The van der Waals surface area contributed by atoms with E-state index in [1.807, 2.05) is 0 Å². The van der Waals surface area contributed by atoms with Gasteiger partial charge in [0.25, 0.3) is 0 Å². The Morgan fingerprint density at radius 3 is 2.58 bits per heavy atom. The molecule has 1 aromatic carbocycles. The zero-order valence-corrected chi connectivity index (χ0v) is 17.8. The molecule has 2 aromatic rings. The average molecular weight is 476 g/mol. The first-order valence-corrected chi connectivity index (χ1v) is 11.2. The fourth-order valence-corrected chi connectivity index (χ4v) is 5.54. The number of halogens is 3. The second-order valence-corrected chi connectivity index (χ2v) is 8.81. The topological polar surface area (TPSA) is 104 Å². The zero-order chi connectivity index (χ0) is 22.6. The molecule has 0 aliphatic carbocycles. The van der Waals surface area contributed by atoms with Gasteiger partial charge in [0.15, 0.2) is 0 Å². The summed E-state index contributed by atoms with van der Waals surface area (Å²) in [6, 6.07) is 5.53. The first kappa shape index (κ1) is 23.5. The first-order valence-electron chi connectivity index (χ1n) is 9.45. The van der Waals surface area contributed by atoms with Gasteiger partial charge in [-0.05, 0) is 36.9 Å². The molecule has 168 valence electrons. The molecule has 1 aromatic heterocycles. The summed E-state index contributed by atoms with van der Waals surface area (Å²) in [5, 5.41) is 15.7. The minimum absolute atomic E-state index is 0.422. The SMILES string of the molecule is FC(F)(F)c1cccc(CSc2nsnc2C2CN3CCCC2C3)c1.O=C(O)C(=O)O. The summed E-state index contributed by atoms with van der Waals surface area (Å²) in [6.07, 6.45) is -1.83. The lowest BCUT2D eigenvalue weighted by atomic mass is 9.89. The number of hydrogen-bond acceptors (Lipinski definition) is 7. The van der Waals surface area contributed by atoms with Gasteiger partial charge in [0.2, 0.25) is 0 Å². The van der Waals surface area contributed by atoms with E-state index in [9.17, 15) is 13.2 Å². The molecular weight excluding hydrogens is 455 g/mol. The van der Waals surface area contributed by atoms with Gasteiger partial charge in [-0.3, -0.25) is 0 Å². The van der Waals surface area contributed by atoms with E-state index < -0.39 is 23.7 Å². The van der Waals surface area contributed by atoms with Crippen molar-refractivity contribution in [3.05, 3.63) is 41.1 Å². The Morgan fingerprint density at radius 2 is 1.94 bits per heavy atom. The number of thioether (sulfide) groups is 1. The quantitative estimate of drug-likeness (QED) is 0.508. The molecule has 0 radical (unpaired) electrons. The number of aliphatic carboxylic acids is 2. The van der Waals surface area contributed by atoms with Crippen molar-refractivity contribution >= 4 is 35.4 Å². The van der Waals surface area contributed by atoms with Crippen molar-refractivity contribution in [2.24, 2.45) is 5.92 Å². The Kier molecular flexibility index (Phi) is 7.55. The van der Waals surface area contributed by atoms with Gasteiger partial charge >= 0.3 is 18.1 Å². The van der Waals surface area contributed by atoms with Crippen LogP contribution in [0.25, 0.3) is 0 Å². The summed E-state index contributed by atoms with van der Waals surface area (Å²) in [5.41, 5.74) is 1.11. The fourth-order valence-electron chi connectivity index (χ4n) is 3.83. The van der Waals surface area contributed by atoms with Crippen LogP contribution in [-0.2, 0) is 21.5 Å². The molecule has 2 N–H and O–H groups in total. The molecular formula is C19H20F3N3O4S2. The number of benzene rings is 1. The van der Waals surface area contributed by atoms with Crippen LogP contribution >= 0.6 is 23.5 Å². The third-order valence-corrected chi connectivity index (χ3v) is 6.92. The maximum Gasteiger partial charge on any atom is 0.416 e. The lowest BCUT2D eigenvalue weighted by Gasteiger charge is -2.21. The van der Waals surface area contributed by atoms with E-state index in [1.54, 1.807) is 6.07 Å². The van der Waals surface area contributed by atoms with Gasteiger partial charge in [0.1, 0.15) is 5.03 Å². The van der Waals surface area contributed by atoms with E-state index in [4.69, 9.17) is 19.8 Å². The van der Waals surface area contributed by atoms with Crippen molar-refractivity contribution in [3.8, 4) is 0 Å². The summed E-state index contributed by atoms with van der Waals surface area (Å²) in [4.78, 5) is 20.7. The molecule has 2 saturated heterocycles. The first-order chi connectivity index (χ1) is 14.6. The highest BCUT2D eigenvalue weighted by Crippen LogP contribution is 2.41. The Hall–Kier alpha value is -2.18. The van der Waals surface area contributed by atoms with Gasteiger partial charge in [0.05, 0.1) is 23.0 Å². The van der Waals surface area contributed by atoms with Crippen LogP contribution < -0.4 is 0 Å². The van der Waals surface area contributed by atoms with E-state index in [0.29, 0.717) is 23.2 Å². The van der Waals surface area contributed by atoms with Gasteiger partial charge in [-0.2, -0.15) is 21.9 Å². The van der Waals surface area contributed by atoms with Crippen LogP contribution in [0.4, 0.5) is 13.2 Å². The fraction of sp³-hybridized carbons (Fsp3) is 0.474. The van der Waals surface area contributed by atoms with Crippen molar-refractivity contribution < 1.29 is 33.0 Å².